The minimum atomic E-state index is -0.474. The smallest absolute Gasteiger partial charge is 0.311 e. The molecule has 4 saturated carbocycles. The van der Waals surface area contributed by atoms with Crippen molar-refractivity contribution >= 4 is 17.8 Å². The first-order valence-electron chi connectivity index (χ1n) is 11.2. The number of hydrogen-bond acceptors (Lipinski definition) is 4. The van der Waals surface area contributed by atoms with Gasteiger partial charge in [-0.2, -0.15) is 0 Å². The zero-order valence-corrected chi connectivity index (χ0v) is 17.2. The Labute approximate surface area is 167 Å². The Hall–Kier alpha value is -1.59. The van der Waals surface area contributed by atoms with Crippen LogP contribution in [0, 0.1) is 29.1 Å². The van der Waals surface area contributed by atoms with Crippen molar-refractivity contribution in [3.63, 3.8) is 0 Å². The summed E-state index contributed by atoms with van der Waals surface area (Å²) in [6, 6.07) is 0.0504. The highest BCUT2D eigenvalue weighted by molar-refractivity contribution is 6.35. The summed E-state index contributed by atoms with van der Waals surface area (Å²) in [5.74, 6) is 1.21. The lowest BCUT2D eigenvalue weighted by molar-refractivity contribution is -0.153. The zero-order chi connectivity index (χ0) is 19.9. The number of hydrogen-bond donors (Lipinski definition) is 1. The van der Waals surface area contributed by atoms with Gasteiger partial charge in [-0.15, -0.1) is 0 Å². The van der Waals surface area contributed by atoms with Crippen LogP contribution in [0.3, 0.4) is 0 Å². The van der Waals surface area contributed by atoms with E-state index in [4.69, 9.17) is 4.74 Å². The third kappa shape index (κ3) is 3.67. The molecular formula is C22H34N2O4. The topological polar surface area (TPSA) is 75.7 Å². The molecule has 1 saturated heterocycles. The molecule has 6 nitrogen and oxygen atoms in total. The monoisotopic (exact) mass is 390 g/mol. The van der Waals surface area contributed by atoms with Crippen LogP contribution in [0.2, 0.25) is 0 Å². The average Bonchev–Trinajstić information content (AvgIpc) is 2.66. The van der Waals surface area contributed by atoms with Crippen LogP contribution in [0.25, 0.3) is 0 Å². The maximum Gasteiger partial charge on any atom is 0.311 e. The minimum Gasteiger partial charge on any atom is -0.466 e. The van der Waals surface area contributed by atoms with Gasteiger partial charge in [-0.1, -0.05) is 0 Å². The number of rotatable bonds is 4. The van der Waals surface area contributed by atoms with Crippen LogP contribution in [0.15, 0.2) is 0 Å². The molecule has 0 spiro atoms. The minimum absolute atomic E-state index is 0.0504. The van der Waals surface area contributed by atoms with Gasteiger partial charge in [-0.3, -0.25) is 14.4 Å². The molecule has 5 aliphatic rings. The van der Waals surface area contributed by atoms with Crippen molar-refractivity contribution in [1.82, 2.24) is 10.2 Å². The van der Waals surface area contributed by atoms with Crippen molar-refractivity contribution in [3.8, 4) is 0 Å². The fourth-order valence-corrected chi connectivity index (χ4v) is 6.84. The van der Waals surface area contributed by atoms with Gasteiger partial charge in [0, 0.05) is 19.1 Å². The summed E-state index contributed by atoms with van der Waals surface area (Å²) in [7, 11) is 0. The normalized spacial score (nSPS) is 35.5. The fraction of sp³-hybridized carbons (Fsp3) is 0.864. The summed E-state index contributed by atoms with van der Waals surface area (Å²) in [6.45, 7) is 5.17. The van der Waals surface area contributed by atoms with Crippen molar-refractivity contribution in [2.24, 2.45) is 29.1 Å². The van der Waals surface area contributed by atoms with Crippen molar-refractivity contribution in [2.75, 3.05) is 19.7 Å². The number of nitrogens with zero attached hydrogens (tertiary/aromatic N) is 1. The zero-order valence-electron chi connectivity index (χ0n) is 17.2. The number of nitrogens with one attached hydrogen (secondary N) is 1. The predicted octanol–water partition coefficient (Wildman–Crippen LogP) is 2.51. The van der Waals surface area contributed by atoms with Gasteiger partial charge in [0.25, 0.3) is 0 Å². The molecule has 28 heavy (non-hydrogen) atoms. The molecule has 1 atom stereocenters. The van der Waals surface area contributed by atoms with Crippen LogP contribution in [0.1, 0.15) is 65.2 Å². The second-order valence-electron chi connectivity index (χ2n) is 9.79. The summed E-state index contributed by atoms with van der Waals surface area (Å²) >= 11 is 0. The Morgan fingerprint density at radius 1 is 1.04 bits per heavy atom. The highest BCUT2D eigenvalue weighted by Gasteiger charge is 2.53. The Kier molecular flexibility index (Phi) is 5.41. The molecule has 6 heteroatoms. The first kappa shape index (κ1) is 19.7. The Bertz CT molecular complexity index is 603. The van der Waals surface area contributed by atoms with E-state index in [0.29, 0.717) is 32.5 Å². The Balaban J connectivity index is 1.30. The molecule has 0 radical (unpaired) electrons. The Morgan fingerprint density at radius 3 is 2.07 bits per heavy atom. The molecule has 0 aromatic rings. The van der Waals surface area contributed by atoms with Gasteiger partial charge in [0.05, 0.1) is 12.5 Å². The molecule has 0 aromatic heterocycles. The number of likely N-dealkylation sites (tertiary alicyclic amines) is 1. The van der Waals surface area contributed by atoms with E-state index >= 15 is 0 Å². The standard InChI is InChI=1S/C22H34N2O4/c1-3-28-21(27)18-4-6-24(7-5-18)20(26)19(25)23-14(2)22-11-15-8-16(12-22)10-17(9-15)13-22/h14-18H,3-13H2,1-2H3,(H,23,25). The maximum atomic E-state index is 12.7. The quantitative estimate of drug-likeness (QED) is 0.591. The fourth-order valence-electron chi connectivity index (χ4n) is 6.84. The molecule has 4 aliphatic carbocycles. The van der Waals surface area contributed by atoms with Crippen molar-refractivity contribution in [3.05, 3.63) is 0 Å². The number of amides is 2. The van der Waals surface area contributed by atoms with Crippen LogP contribution in [-0.4, -0.2) is 48.4 Å². The van der Waals surface area contributed by atoms with Crippen LogP contribution >= 0.6 is 0 Å². The molecule has 1 unspecified atom stereocenters. The van der Waals surface area contributed by atoms with E-state index < -0.39 is 11.8 Å². The second-order valence-corrected chi connectivity index (χ2v) is 9.79. The third-order valence-corrected chi connectivity index (χ3v) is 7.95. The number of carbonyl (C=O) groups excluding carboxylic acids is 3. The molecule has 5 fully saturated rings. The van der Waals surface area contributed by atoms with E-state index in [1.54, 1.807) is 11.8 Å². The first-order chi connectivity index (χ1) is 13.4. The number of carbonyl (C=O) groups is 3. The lowest BCUT2D eigenvalue weighted by atomic mass is 9.48. The molecule has 4 bridgehead atoms. The summed E-state index contributed by atoms with van der Waals surface area (Å²) in [5.41, 5.74) is 0.196. The molecule has 1 heterocycles. The summed E-state index contributed by atoms with van der Waals surface area (Å²) in [5, 5.41) is 3.07. The van der Waals surface area contributed by atoms with E-state index in [1.807, 2.05) is 0 Å². The highest BCUT2D eigenvalue weighted by atomic mass is 16.5. The lowest BCUT2D eigenvalue weighted by Gasteiger charge is -2.59. The molecule has 2 amide bonds. The van der Waals surface area contributed by atoms with E-state index in [0.717, 1.165) is 17.8 Å². The van der Waals surface area contributed by atoms with Gasteiger partial charge in [0.2, 0.25) is 0 Å². The van der Waals surface area contributed by atoms with Gasteiger partial charge in [0.15, 0.2) is 0 Å². The summed E-state index contributed by atoms with van der Waals surface area (Å²) < 4.78 is 5.07. The van der Waals surface area contributed by atoms with E-state index in [1.165, 1.54) is 38.5 Å². The average molecular weight is 391 g/mol. The van der Waals surface area contributed by atoms with Crippen LogP contribution in [0.5, 0.6) is 0 Å². The number of piperidine rings is 1. The number of esters is 1. The van der Waals surface area contributed by atoms with Crippen molar-refractivity contribution < 1.29 is 19.1 Å². The number of ether oxygens (including phenoxy) is 1. The van der Waals surface area contributed by atoms with Crippen LogP contribution < -0.4 is 5.32 Å². The van der Waals surface area contributed by atoms with E-state index in [9.17, 15) is 14.4 Å². The van der Waals surface area contributed by atoms with Gasteiger partial charge in [-0.25, -0.2) is 0 Å². The lowest BCUT2D eigenvalue weighted by Crippen LogP contribution is -2.58. The predicted molar refractivity (Wildman–Crippen MR) is 104 cm³/mol. The largest absolute Gasteiger partial charge is 0.466 e. The van der Waals surface area contributed by atoms with Crippen molar-refractivity contribution in [1.29, 1.82) is 0 Å². The third-order valence-electron chi connectivity index (χ3n) is 7.95. The SMILES string of the molecule is CCOC(=O)C1CCN(C(=O)C(=O)NC(C)C23CC4CC(CC(C4)C2)C3)CC1. The van der Waals surface area contributed by atoms with Gasteiger partial charge in [0.1, 0.15) is 0 Å². The molecule has 1 aliphatic heterocycles. The maximum absolute atomic E-state index is 12.7. The van der Waals surface area contributed by atoms with Gasteiger partial charge >= 0.3 is 17.8 Å². The molecule has 0 aromatic carbocycles. The van der Waals surface area contributed by atoms with Crippen LogP contribution in [-0.2, 0) is 19.1 Å². The molecule has 156 valence electrons. The summed E-state index contributed by atoms with van der Waals surface area (Å²) in [6.07, 6.45) is 8.88. The van der Waals surface area contributed by atoms with E-state index in [-0.39, 0.29) is 23.3 Å². The molecular weight excluding hydrogens is 356 g/mol. The Morgan fingerprint density at radius 2 is 1.57 bits per heavy atom. The van der Waals surface area contributed by atoms with Gasteiger partial charge in [-0.05, 0) is 88.4 Å². The van der Waals surface area contributed by atoms with Crippen LogP contribution in [0.4, 0.5) is 0 Å². The summed E-state index contributed by atoms with van der Waals surface area (Å²) in [4.78, 5) is 38.8. The first-order valence-corrected chi connectivity index (χ1v) is 11.2. The van der Waals surface area contributed by atoms with E-state index in [2.05, 4.69) is 12.2 Å². The van der Waals surface area contributed by atoms with Gasteiger partial charge < -0.3 is 15.0 Å². The highest BCUT2D eigenvalue weighted by Crippen LogP contribution is 2.61. The molecule has 5 rings (SSSR count). The van der Waals surface area contributed by atoms with Crippen molar-refractivity contribution in [2.45, 2.75) is 71.3 Å². The molecule has 1 N–H and O–H groups in total. The second kappa shape index (κ2) is 7.68.